The van der Waals surface area contributed by atoms with Gasteiger partial charge in [-0.3, -0.25) is 5.41 Å². The summed E-state index contributed by atoms with van der Waals surface area (Å²) in [6.07, 6.45) is 5.41. The summed E-state index contributed by atoms with van der Waals surface area (Å²) in [5.74, 6) is 0.120. The second kappa shape index (κ2) is 4.50. The molecule has 0 saturated carbocycles. The number of aromatic nitrogens is 2. The fourth-order valence-corrected chi connectivity index (χ4v) is 2.50. The number of hydrogen-bond donors (Lipinski definition) is 1. The minimum atomic E-state index is -0.285. The third-order valence-corrected chi connectivity index (χ3v) is 3.52. The molecule has 0 aliphatic carbocycles. The lowest BCUT2D eigenvalue weighted by atomic mass is 10.1. The van der Waals surface area contributed by atoms with Crippen molar-refractivity contribution in [2.45, 2.75) is 26.1 Å². The largest absolute Gasteiger partial charge is 0.348 e. The SMILES string of the molecule is CC(Cn1ccnc1)N1Cc2ccc(F)cc2C1=N. The number of amidine groups is 1. The van der Waals surface area contributed by atoms with Gasteiger partial charge in [0.1, 0.15) is 11.7 Å². The first kappa shape index (κ1) is 11.9. The van der Waals surface area contributed by atoms with Crippen LogP contribution in [0.25, 0.3) is 0 Å². The molecule has 2 heterocycles. The predicted molar refractivity (Wildman–Crippen MR) is 70.5 cm³/mol. The van der Waals surface area contributed by atoms with E-state index in [-0.39, 0.29) is 11.9 Å². The molecule has 0 saturated heterocycles. The number of fused-ring (bicyclic) bond motifs is 1. The Bertz CT molecular complexity index is 606. The predicted octanol–water partition coefficient (Wildman–Crippen LogP) is 2.25. The van der Waals surface area contributed by atoms with E-state index in [1.807, 2.05) is 15.7 Å². The standard InChI is InChI=1S/C14H15FN4/c1-10(7-18-5-4-17-9-18)19-8-11-2-3-12(15)6-13(11)14(19)16/h2-6,9-10,16H,7-8H2,1H3. The van der Waals surface area contributed by atoms with Crippen LogP contribution in [0.3, 0.4) is 0 Å². The molecule has 1 unspecified atom stereocenters. The first-order valence-electron chi connectivity index (χ1n) is 6.25. The van der Waals surface area contributed by atoms with Crippen molar-refractivity contribution >= 4 is 5.84 Å². The van der Waals surface area contributed by atoms with E-state index in [4.69, 9.17) is 5.41 Å². The zero-order chi connectivity index (χ0) is 13.4. The Kier molecular flexibility index (Phi) is 2.81. The van der Waals surface area contributed by atoms with Gasteiger partial charge in [0.25, 0.3) is 0 Å². The summed E-state index contributed by atoms with van der Waals surface area (Å²) in [5, 5.41) is 8.18. The van der Waals surface area contributed by atoms with Crippen molar-refractivity contribution in [3.05, 3.63) is 53.9 Å². The zero-order valence-electron chi connectivity index (χ0n) is 10.7. The summed E-state index contributed by atoms with van der Waals surface area (Å²) in [6.45, 7) is 3.50. The highest BCUT2D eigenvalue weighted by Crippen LogP contribution is 2.25. The first-order valence-corrected chi connectivity index (χ1v) is 6.25. The second-order valence-corrected chi connectivity index (χ2v) is 4.89. The number of halogens is 1. The van der Waals surface area contributed by atoms with Gasteiger partial charge in [-0.15, -0.1) is 0 Å². The minimum absolute atomic E-state index is 0.164. The molecule has 0 bridgehead atoms. The van der Waals surface area contributed by atoms with Crippen LogP contribution in [0.4, 0.5) is 4.39 Å². The van der Waals surface area contributed by atoms with Crippen LogP contribution in [0, 0.1) is 11.2 Å². The van der Waals surface area contributed by atoms with E-state index in [9.17, 15) is 4.39 Å². The highest BCUT2D eigenvalue weighted by molar-refractivity contribution is 6.00. The molecule has 0 radical (unpaired) electrons. The number of imidazole rings is 1. The molecule has 98 valence electrons. The smallest absolute Gasteiger partial charge is 0.129 e. The number of rotatable bonds is 3. The highest BCUT2D eigenvalue weighted by atomic mass is 19.1. The Balaban J connectivity index is 1.79. The molecule has 1 aliphatic rings. The molecule has 0 amide bonds. The van der Waals surface area contributed by atoms with Gasteiger partial charge < -0.3 is 9.47 Å². The van der Waals surface area contributed by atoms with Gasteiger partial charge in [-0.05, 0) is 24.6 Å². The first-order chi connectivity index (χ1) is 9.15. The molecule has 1 aliphatic heterocycles. The van der Waals surface area contributed by atoms with Crippen molar-refractivity contribution in [3.63, 3.8) is 0 Å². The Labute approximate surface area is 111 Å². The average Bonchev–Trinajstić information content (AvgIpc) is 2.98. The molecule has 1 atom stereocenters. The molecule has 3 rings (SSSR count). The van der Waals surface area contributed by atoms with Gasteiger partial charge >= 0.3 is 0 Å². The Morgan fingerprint density at radius 1 is 1.47 bits per heavy atom. The Hall–Kier alpha value is -2.17. The lowest BCUT2D eigenvalue weighted by Gasteiger charge is -2.26. The minimum Gasteiger partial charge on any atom is -0.348 e. The van der Waals surface area contributed by atoms with Crippen molar-refractivity contribution in [2.24, 2.45) is 0 Å². The summed E-state index contributed by atoms with van der Waals surface area (Å²) < 4.78 is 15.2. The fourth-order valence-electron chi connectivity index (χ4n) is 2.50. The summed E-state index contributed by atoms with van der Waals surface area (Å²) in [6, 6.07) is 4.83. The molecular formula is C14H15FN4. The Morgan fingerprint density at radius 2 is 2.32 bits per heavy atom. The summed E-state index contributed by atoms with van der Waals surface area (Å²) in [7, 11) is 0. The van der Waals surface area contributed by atoms with Gasteiger partial charge in [0.05, 0.1) is 6.33 Å². The number of benzene rings is 1. The lowest BCUT2D eigenvalue weighted by Crippen LogP contribution is -2.36. The maximum atomic E-state index is 13.2. The average molecular weight is 258 g/mol. The number of nitrogens with one attached hydrogen (secondary N) is 1. The van der Waals surface area contributed by atoms with E-state index in [0.29, 0.717) is 17.9 Å². The molecule has 4 nitrogen and oxygen atoms in total. The van der Waals surface area contributed by atoms with E-state index in [1.165, 1.54) is 12.1 Å². The topological polar surface area (TPSA) is 44.9 Å². The van der Waals surface area contributed by atoms with Crippen molar-refractivity contribution in [2.75, 3.05) is 0 Å². The monoisotopic (exact) mass is 258 g/mol. The van der Waals surface area contributed by atoms with Gasteiger partial charge in [0.2, 0.25) is 0 Å². The number of hydrogen-bond acceptors (Lipinski definition) is 2. The van der Waals surface area contributed by atoms with E-state index in [0.717, 1.165) is 12.1 Å². The van der Waals surface area contributed by atoms with Crippen molar-refractivity contribution < 1.29 is 4.39 Å². The third kappa shape index (κ3) is 2.12. The summed E-state index contributed by atoms with van der Waals surface area (Å²) in [4.78, 5) is 6.00. The molecule has 19 heavy (non-hydrogen) atoms. The van der Waals surface area contributed by atoms with Crippen molar-refractivity contribution in [1.82, 2.24) is 14.5 Å². The summed E-state index contributed by atoms with van der Waals surface area (Å²) >= 11 is 0. The summed E-state index contributed by atoms with van der Waals surface area (Å²) in [5.41, 5.74) is 1.72. The molecule has 2 aromatic rings. The third-order valence-electron chi connectivity index (χ3n) is 3.52. The van der Waals surface area contributed by atoms with Gasteiger partial charge in [0.15, 0.2) is 0 Å². The van der Waals surface area contributed by atoms with Crippen molar-refractivity contribution in [3.8, 4) is 0 Å². The molecule has 0 fully saturated rings. The van der Waals surface area contributed by atoms with E-state index >= 15 is 0 Å². The maximum absolute atomic E-state index is 13.2. The highest BCUT2D eigenvalue weighted by Gasteiger charge is 2.28. The van der Waals surface area contributed by atoms with Crippen LogP contribution >= 0.6 is 0 Å². The molecule has 1 aromatic heterocycles. The molecule has 1 N–H and O–H groups in total. The normalized spacial score (nSPS) is 15.7. The van der Waals surface area contributed by atoms with Crippen LogP contribution in [0.5, 0.6) is 0 Å². The molecular weight excluding hydrogens is 243 g/mol. The van der Waals surface area contributed by atoms with Gasteiger partial charge in [-0.2, -0.15) is 0 Å². The van der Waals surface area contributed by atoms with E-state index in [2.05, 4.69) is 11.9 Å². The molecule has 0 spiro atoms. The van der Waals surface area contributed by atoms with E-state index < -0.39 is 0 Å². The zero-order valence-corrected chi connectivity index (χ0v) is 10.7. The van der Waals surface area contributed by atoms with Crippen LogP contribution < -0.4 is 0 Å². The van der Waals surface area contributed by atoms with Crippen LogP contribution in [0.15, 0.2) is 36.9 Å². The van der Waals surface area contributed by atoms with Crippen LogP contribution in [0.2, 0.25) is 0 Å². The lowest BCUT2D eigenvalue weighted by molar-refractivity contribution is 0.302. The Morgan fingerprint density at radius 3 is 3.05 bits per heavy atom. The van der Waals surface area contributed by atoms with Crippen molar-refractivity contribution in [1.29, 1.82) is 5.41 Å². The fraction of sp³-hybridized carbons (Fsp3) is 0.286. The molecule has 5 heteroatoms. The van der Waals surface area contributed by atoms with Crippen LogP contribution in [-0.4, -0.2) is 26.3 Å². The van der Waals surface area contributed by atoms with E-state index in [1.54, 1.807) is 18.6 Å². The quantitative estimate of drug-likeness (QED) is 0.917. The van der Waals surface area contributed by atoms with Gasteiger partial charge in [0, 0.05) is 37.1 Å². The van der Waals surface area contributed by atoms with Crippen LogP contribution in [-0.2, 0) is 13.1 Å². The van der Waals surface area contributed by atoms with Crippen LogP contribution in [0.1, 0.15) is 18.1 Å². The maximum Gasteiger partial charge on any atom is 0.129 e. The number of nitrogens with zero attached hydrogens (tertiary/aromatic N) is 3. The second-order valence-electron chi connectivity index (χ2n) is 4.89. The van der Waals surface area contributed by atoms with Gasteiger partial charge in [-0.1, -0.05) is 6.07 Å². The van der Waals surface area contributed by atoms with Gasteiger partial charge in [-0.25, -0.2) is 9.37 Å². The molecule has 1 aromatic carbocycles.